The third-order valence-electron chi connectivity index (χ3n) is 3.18. The molecule has 0 aliphatic carbocycles. The Hall–Kier alpha value is -2.12. The van der Waals surface area contributed by atoms with Crippen molar-refractivity contribution in [2.24, 2.45) is 5.92 Å². The number of hydrogen-bond acceptors (Lipinski definition) is 4. The first-order valence-corrected chi connectivity index (χ1v) is 6.72. The van der Waals surface area contributed by atoms with Crippen molar-refractivity contribution in [2.45, 2.75) is 25.4 Å². The number of alkyl halides is 3. The lowest BCUT2D eigenvalue weighted by Gasteiger charge is -2.32. The summed E-state index contributed by atoms with van der Waals surface area (Å²) in [5.41, 5.74) is 0. The quantitative estimate of drug-likeness (QED) is 0.867. The smallest absolute Gasteiger partial charge is 0.446 e. The van der Waals surface area contributed by atoms with Crippen LogP contribution in [-0.4, -0.2) is 41.6 Å². The summed E-state index contributed by atoms with van der Waals surface area (Å²) in [5, 5.41) is 8.72. The molecule has 1 fully saturated rings. The predicted molar refractivity (Wildman–Crippen MR) is 73.5 cm³/mol. The van der Waals surface area contributed by atoms with Gasteiger partial charge in [0.25, 0.3) is 0 Å². The molecule has 2 heterocycles. The number of nitrogens with zero attached hydrogens (tertiary/aromatic N) is 2. The minimum atomic E-state index is -4.64. The van der Waals surface area contributed by atoms with Gasteiger partial charge in [0.2, 0.25) is 6.29 Å². The zero-order valence-corrected chi connectivity index (χ0v) is 11.8. The van der Waals surface area contributed by atoms with Crippen LogP contribution in [0.5, 0.6) is 0 Å². The van der Waals surface area contributed by atoms with E-state index < -0.39 is 18.4 Å². The summed E-state index contributed by atoms with van der Waals surface area (Å²) in [6.45, 7) is 1.82. The Morgan fingerprint density at radius 2 is 1.95 bits per heavy atom. The number of anilines is 1. The SMILES string of the molecule is O=C(O)CC1CCN(c2ccccn2)CC1.O=CC(F)(F)F. The maximum absolute atomic E-state index is 10.6. The molecular formula is C14H17F3N2O3. The van der Waals surface area contributed by atoms with Crippen LogP contribution >= 0.6 is 0 Å². The molecule has 8 heteroatoms. The monoisotopic (exact) mass is 318 g/mol. The molecule has 1 aromatic heterocycles. The number of aldehydes is 1. The van der Waals surface area contributed by atoms with Gasteiger partial charge in [-0.1, -0.05) is 6.07 Å². The van der Waals surface area contributed by atoms with E-state index in [1.807, 2.05) is 18.2 Å². The Labute approximate surface area is 125 Å². The molecule has 0 unspecified atom stereocenters. The molecule has 5 nitrogen and oxygen atoms in total. The van der Waals surface area contributed by atoms with E-state index in [-0.39, 0.29) is 0 Å². The number of carboxylic acid groups (broad SMARTS) is 1. The summed E-state index contributed by atoms with van der Waals surface area (Å²) < 4.78 is 31.2. The fourth-order valence-electron chi connectivity index (χ4n) is 2.15. The zero-order chi connectivity index (χ0) is 16.6. The summed E-state index contributed by atoms with van der Waals surface area (Å²) in [4.78, 5) is 25.8. The summed E-state index contributed by atoms with van der Waals surface area (Å²) in [7, 11) is 0. The number of carboxylic acids is 1. The van der Waals surface area contributed by atoms with E-state index >= 15 is 0 Å². The number of aliphatic carboxylic acids is 1. The molecule has 1 saturated heterocycles. The fraction of sp³-hybridized carbons (Fsp3) is 0.500. The number of halogens is 3. The first-order valence-electron chi connectivity index (χ1n) is 6.72. The van der Waals surface area contributed by atoms with Gasteiger partial charge in [-0.15, -0.1) is 0 Å². The number of aromatic nitrogens is 1. The Kier molecular flexibility index (Phi) is 6.81. The van der Waals surface area contributed by atoms with Gasteiger partial charge in [0.1, 0.15) is 5.82 Å². The van der Waals surface area contributed by atoms with Crippen molar-refractivity contribution < 1.29 is 27.9 Å². The Morgan fingerprint density at radius 3 is 2.36 bits per heavy atom. The molecular weight excluding hydrogens is 301 g/mol. The maximum Gasteiger partial charge on any atom is 0.446 e. The van der Waals surface area contributed by atoms with Crippen molar-refractivity contribution in [1.29, 1.82) is 0 Å². The van der Waals surface area contributed by atoms with Crippen molar-refractivity contribution in [3.63, 3.8) is 0 Å². The number of pyridine rings is 1. The van der Waals surface area contributed by atoms with Crippen molar-refractivity contribution in [3.8, 4) is 0 Å². The number of carbonyl (C=O) groups is 2. The van der Waals surface area contributed by atoms with E-state index in [2.05, 4.69) is 9.88 Å². The van der Waals surface area contributed by atoms with Gasteiger partial charge in [-0.3, -0.25) is 9.59 Å². The van der Waals surface area contributed by atoms with Crippen LogP contribution in [0, 0.1) is 5.92 Å². The van der Waals surface area contributed by atoms with Gasteiger partial charge in [0.05, 0.1) is 0 Å². The van der Waals surface area contributed by atoms with Crippen molar-refractivity contribution in [2.75, 3.05) is 18.0 Å². The van der Waals surface area contributed by atoms with Crippen LogP contribution in [-0.2, 0) is 9.59 Å². The van der Waals surface area contributed by atoms with E-state index in [1.54, 1.807) is 6.20 Å². The van der Waals surface area contributed by atoms with Gasteiger partial charge < -0.3 is 10.0 Å². The van der Waals surface area contributed by atoms with Gasteiger partial charge in [-0.05, 0) is 30.9 Å². The van der Waals surface area contributed by atoms with E-state index in [0.29, 0.717) is 12.3 Å². The van der Waals surface area contributed by atoms with Crippen molar-refractivity contribution in [3.05, 3.63) is 24.4 Å². The third-order valence-corrected chi connectivity index (χ3v) is 3.18. The molecule has 1 N–H and O–H groups in total. The number of carbonyl (C=O) groups excluding carboxylic acids is 1. The minimum Gasteiger partial charge on any atom is -0.481 e. The average Bonchev–Trinajstić information content (AvgIpc) is 2.48. The molecule has 0 spiro atoms. The topological polar surface area (TPSA) is 70.5 Å². The van der Waals surface area contributed by atoms with Gasteiger partial charge in [-0.25, -0.2) is 4.98 Å². The maximum atomic E-state index is 10.6. The van der Waals surface area contributed by atoms with Crippen molar-refractivity contribution in [1.82, 2.24) is 4.98 Å². The van der Waals surface area contributed by atoms with E-state index in [9.17, 15) is 18.0 Å². The molecule has 0 radical (unpaired) electrons. The highest BCUT2D eigenvalue weighted by Gasteiger charge is 2.25. The average molecular weight is 318 g/mol. The molecule has 0 atom stereocenters. The second-order valence-electron chi connectivity index (χ2n) is 4.88. The Bertz CT molecular complexity index is 472. The van der Waals surface area contributed by atoms with E-state index in [4.69, 9.17) is 9.90 Å². The van der Waals surface area contributed by atoms with Gasteiger partial charge in [0.15, 0.2) is 0 Å². The number of rotatable bonds is 3. The normalized spacial score (nSPS) is 15.7. The second-order valence-corrected chi connectivity index (χ2v) is 4.88. The van der Waals surface area contributed by atoms with E-state index in [1.165, 1.54) is 0 Å². The zero-order valence-electron chi connectivity index (χ0n) is 11.8. The lowest BCUT2D eigenvalue weighted by atomic mass is 9.94. The van der Waals surface area contributed by atoms with Gasteiger partial charge in [0, 0.05) is 25.7 Å². The van der Waals surface area contributed by atoms with Crippen LogP contribution in [0.2, 0.25) is 0 Å². The highest BCUT2D eigenvalue weighted by Crippen LogP contribution is 2.23. The van der Waals surface area contributed by atoms with Gasteiger partial charge in [-0.2, -0.15) is 13.2 Å². The minimum absolute atomic E-state index is 0.302. The standard InChI is InChI=1S/C12H16N2O2.C2HF3O/c15-12(16)9-10-4-7-14(8-5-10)11-3-1-2-6-13-11;3-2(4,5)1-6/h1-3,6,10H,4-5,7-9H2,(H,15,16);1H. The first kappa shape index (κ1) is 17.9. The lowest BCUT2D eigenvalue weighted by Crippen LogP contribution is -2.34. The molecule has 122 valence electrons. The molecule has 0 bridgehead atoms. The van der Waals surface area contributed by atoms with Crippen LogP contribution in [0.1, 0.15) is 19.3 Å². The Balaban J connectivity index is 0.000000346. The molecule has 0 amide bonds. The summed E-state index contributed by atoms with van der Waals surface area (Å²) in [6, 6.07) is 5.88. The molecule has 1 aliphatic heterocycles. The molecule has 1 aliphatic rings. The molecule has 1 aromatic rings. The van der Waals surface area contributed by atoms with Crippen LogP contribution in [0.25, 0.3) is 0 Å². The molecule has 0 aromatic carbocycles. The van der Waals surface area contributed by atoms with Crippen LogP contribution in [0.3, 0.4) is 0 Å². The van der Waals surface area contributed by atoms with Crippen LogP contribution in [0.15, 0.2) is 24.4 Å². The van der Waals surface area contributed by atoms with Crippen LogP contribution < -0.4 is 4.90 Å². The predicted octanol–water partition coefficient (Wildman–Crippen LogP) is 2.52. The summed E-state index contributed by atoms with van der Waals surface area (Å²) in [5.74, 6) is 0.644. The first-order chi connectivity index (χ1) is 10.3. The highest BCUT2D eigenvalue weighted by molar-refractivity contribution is 5.67. The molecule has 0 saturated carbocycles. The molecule has 22 heavy (non-hydrogen) atoms. The highest BCUT2D eigenvalue weighted by atomic mass is 19.4. The second kappa shape index (κ2) is 8.35. The summed E-state index contributed by atoms with van der Waals surface area (Å²) >= 11 is 0. The number of hydrogen-bond donors (Lipinski definition) is 1. The number of piperidine rings is 1. The van der Waals surface area contributed by atoms with E-state index in [0.717, 1.165) is 31.7 Å². The van der Waals surface area contributed by atoms with Crippen molar-refractivity contribution >= 4 is 18.1 Å². The summed E-state index contributed by atoms with van der Waals surface area (Å²) in [6.07, 6.45) is -1.71. The fourth-order valence-corrected chi connectivity index (χ4v) is 2.15. The largest absolute Gasteiger partial charge is 0.481 e. The lowest BCUT2D eigenvalue weighted by molar-refractivity contribution is -0.156. The Morgan fingerprint density at radius 1 is 1.36 bits per heavy atom. The molecule has 2 rings (SSSR count). The van der Waals surface area contributed by atoms with Crippen LogP contribution in [0.4, 0.5) is 19.0 Å². The van der Waals surface area contributed by atoms with Gasteiger partial charge >= 0.3 is 12.1 Å². The third kappa shape index (κ3) is 7.05.